The molecule has 0 radical (unpaired) electrons. The molecule has 0 saturated heterocycles. The van der Waals surface area contributed by atoms with Crippen LogP contribution in [0.1, 0.15) is 16.2 Å². The number of pyridine rings is 2. The average Bonchev–Trinajstić information content (AvgIpc) is 3.25. The summed E-state index contributed by atoms with van der Waals surface area (Å²) in [5.74, 6) is -3.80. The quantitative estimate of drug-likeness (QED) is 0.446. The largest absolute Gasteiger partial charge is 0.492 e. The minimum absolute atomic E-state index is 0.0408. The van der Waals surface area contributed by atoms with Crippen molar-refractivity contribution in [1.82, 2.24) is 24.4 Å². The predicted octanol–water partition coefficient (Wildman–Crippen LogP) is 3.29. The number of alkyl halides is 6. The Labute approximate surface area is 221 Å². The van der Waals surface area contributed by atoms with Crippen LogP contribution in [0.4, 0.5) is 26.3 Å². The smallest absolute Gasteiger partial charge is 0.490 e. The fourth-order valence-corrected chi connectivity index (χ4v) is 3.12. The van der Waals surface area contributed by atoms with Crippen LogP contribution in [-0.4, -0.2) is 78.0 Å². The lowest BCUT2D eigenvalue weighted by atomic mass is 10.1. The number of nitrogens with zero attached hydrogens (tertiary/aromatic N) is 5. The number of rotatable bonds is 4. The van der Waals surface area contributed by atoms with E-state index in [-0.39, 0.29) is 11.8 Å². The molecule has 3 aromatic heterocycles. The van der Waals surface area contributed by atoms with E-state index in [1.165, 1.54) is 0 Å². The third-order valence-electron chi connectivity index (χ3n) is 4.87. The summed E-state index contributed by atoms with van der Waals surface area (Å²) < 4.78 is 71.4. The zero-order valence-electron chi connectivity index (χ0n) is 20.2. The molecule has 17 heteroatoms. The van der Waals surface area contributed by atoms with Crippen molar-refractivity contribution < 1.29 is 55.7 Å². The number of ether oxygens (including phenoxy) is 1. The molecule has 2 N–H and O–H groups in total. The Kier molecular flexibility index (Phi) is 11.0. The van der Waals surface area contributed by atoms with E-state index in [9.17, 15) is 31.1 Å². The molecular weight excluding hydrogens is 556 g/mol. The zero-order chi connectivity index (χ0) is 29.9. The molecule has 1 unspecified atom stereocenters. The number of hydrogen-bond acceptors (Lipinski definition) is 7. The van der Waals surface area contributed by atoms with E-state index in [4.69, 9.17) is 24.5 Å². The summed E-state index contributed by atoms with van der Waals surface area (Å²) in [5, 5.41) is 14.2. The number of carboxylic acids is 2. The van der Waals surface area contributed by atoms with Crippen molar-refractivity contribution in [3.63, 3.8) is 0 Å². The van der Waals surface area contributed by atoms with Gasteiger partial charge < -0.3 is 24.4 Å². The van der Waals surface area contributed by atoms with Gasteiger partial charge in [0.25, 0.3) is 5.91 Å². The van der Waals surface area contributed by atoms with Crippen LogP contribution >= 0.6 is 0 Å². The molecule has 1 aliphatic rings. The van der Waals surface area contributed by atoms with Crippen LogP contribution in [0.25, 0.3) is 0 Å². The fraction of sp³-hybridized carbons (Fsp3) is 0.304. The first-order valence-electron chi connectivity index (χ1n) is 11.0. The maximum atomic E-state index is 12.9. The second-order valence-electron chi connectivity index (χ2n) is 7.89. The summed E-state index contributed by atoms with van der Waals surface area (Å²) in [4.78, 5) is 45.0. The van der Waals surface area contributed by atoms with Gasteiger partial charge in [-0.05, 0) is 24.3 Å². The van der Waals surface area contributed by atoms with E-state index in [0.29, 0.717) is 25.3 Å². The molecule has 0 bridgehead atoms. The molecule has 0 saturated carbocycles. The molecule has 1 atom stereocenters. The molecule has 0 aliphatic carbocycles. The number of carbonyl (C=O) groups is 3. The summed E-state index contributed by atoms with van der Waals surface area (Å²) >= 11 is 0. The lowest BCUT2D eigenvalue weighted by Gasteiger charge is -2.24. The number of fused-ring (bicyclic) bond motifs is 1. The second-order valence-corrected chi connectivity index (χ2v) is 7.89. The Morgan fingerprint density at radius 2 is 1.48 bits per heavy atom. The monoisotopic (exact) mass is 577 g/mol. The second kappa shape index (κ2) is 13.9. The van der Waals surface area contributed by atoms with Crippen molar-refractivity contribution in [3.8, 4) is 5.75 Å². The predicted molar refractivity (Wildman–Crippen MR) is 122 cm³/mol. The van der Waals surface area contributed by atoms with Gasteiger partial charge in [-0.15, -0.1) is 0 Å². The number of aliphatic carboxylic acids is 2. The topological polar surface area (TPSA) is 148 Å². The molecular formula is C23H21F6N5O6. The Hall–Kier alpha value is -4.70. The van der Waals surface area contributed by atoms with E-state index in [1.54, 1.807) is 43.1 Å². The van der Waals surface area contributed by atoms with Crippen LogP contribution in [0.15, 0.2) is 61.4 Å². The van der Waals surface area contributed by atoms with Gasteiger partial charge in [0.2, 0.25) is 0 Å². The highest BCUT2D eigenvalue weighted by atomic mass is 19.4. The molecule has 0 spiro atoms. The van der Waals surface area contributed by atoms with Gasteiger partial charge in [-0.3, -0.25) is 14.8 Å². The number of imidazole rings is 1. The molecule has 216 valence electrons. The molecule has 4 rings (SSSR count). The molecule has 40 heavy (non-hydrogen) atoms. The van der Waals surface area contributed by atoms with Crippen molar-refractivity contribution in [2.75, 3.05) is 13.2 Å². The highest BCUT2D eigenvalue weighted by Crippen LogP contribution is 2.19. The van der Waals surface area contributed by atoms with E-state index >= 15 is 0 Å². The number of amides is 1. The SMILES string of the molecule is O=C(O)C(F)(F)F.O=C(O)C(F)(F)F.O=C(c1cccnc1)N1Cc2nccn2CC(COc2cccnc2)C1. The van der Waals surface area contributed by atoms with Crippen molar-refractivity contribution in [3.05, 3.63) is 72.8 Å². The maximum absolute atomic E-state index is 12.9. The normalized spacial score (nSPS) is 14.8. The van der Waals surface area contributed by atoms with Crippen molar-refractivity contribution in [2.24, 2.45) is 5.92 Å². The van der Waals surface area contributed by atoms with E-state index in [2.05, 4.69) is 19.5 Å². The van der Waals surface area contributed by atoms with Gasteiger partial charge in [0, 0.05) is 50.0 Å². The van der Waals surface area contributed by atoms with Gasteiger partial charge in [-0.2, -0.15) is 26.3 Å². The highest BCUT2D eigenvalue weighted by Gasteiger charge is 2.38. The van der Waals surface area contributed by atoms with Crippen LogP contribution in [0.3, 0.4) is 0 Å². The molecule has 11 nitrogen and oxygen atoms in total. The Bertz CT molecular complexity index is 1230. The first kappa shape index (κ1) is 31.5. The lowest BCUT2D eigenvalue weighted by molar-refractivity contribution is -0.193. The molecule has 1 amide bonds. The lowest BCUT2D eigenvalue weighted by Crippen LogP contribution is -2.35. The standard InChI is InChI=1S/C19H19N5O2.2C2HF3O2/c25-19(16-3-1-5-20-9-16)24-12-15(11-23-8-7-22-18(23)13-24)14-26-17-4-2-6-21-10-17;2*3-2(4,5)1(6)7/h1-10,15H,11-14H2;2*(H,6,7). The van der Waals surface area contributed by atoms with Crippen molar-refractivity contribution in [1.29, 1.82) is 0 Å². The Morgan fingerprint density at radius 3 is 1.98 bits per heavy atom. The van der Waals surface area contributed by atoms with Crippen molar-refractivity contribution >= 4 is 17.8 Å². The summed E-state index contributed by atoms with van der Waals surface area (Å²) in [5.41, 5.74) is 0.583. The minimum Gasteiger partial charge on any atom is -0.492 e. The molecule has 3 aromatic rings. The van der Waals surface area contributed by atoms with E-state index in [1.807, 2.05) is 23.2 Å². The van der Waals surface area contributed by atoms with Gasteiger partial charge in [-0.25, -0.2) is 14.6 Å². The maximum Gasteiger partial charge on any atom is 0.490 e. The van der Waals surface area contributed by atoms with E-state index < -0.39 is 24.3 Å². The number of aromatic nitrogens is 4. The van der Waals surface area contributed by atoms with E-state index in [0.717, 1.165) is 18.1 Å². The van der Waals surface area contributed by atoms with Crippen LogP contribution < -0.4 is 4.74 Å². The number of carbonyl (C=O) groups excluding carboxylic acids is 1. The summed E-state index contributed by atoms with van der Waals surface area (Å²) in [6, 6.07) is 7.28. The van der Waals surface area contributed by atoms with Gasteiger partial charge in [0.1, 0.15) is 11.6 Å². The van der Waals surface area contributed by atoms with Gasteiger partial charge >= 0.3 is 24.3 Å². The molecule has 0 aromatic carbocycles. The average molecular weight is 577 g/mol. The Morgan fingerprint density at radius 1 is 0.900 bits per heavy atom. The van der Waals surface area contributed by atoms with Crippen LogP contribution in [0.2, 0.25) is 0 Å². The molecule has 4 heterocycles. The first-order valence-corrected chi connectivity index (χ1v) is 11.0. The summed E-state index contributed by atoms with van der Waals surface area (Å²) in [6.45, 7) is 2.33. The summed E-state index contributed by atoms with van der Waals surface area (Å²) in [7, 11) is 0. The van der Waals surface area contributed by atoms with Crippen LogP contribution in [0.5, 0.6) is 5.75 Å². The first-order chi connectivity index (χ1) is 18.7. The van der Waals surface area contributed by atoms with Gasteiger partial charge in [0.15, 0.2) is 0 Å². The zero-order valence-corrected chi connectivity index (χ0v) is 20.2. The summed E-state index contributed by atoms with van der Waals surface area (Å²) in [6.07, 6.45) is 0.219. The fourth-order valence-electron chi connectivity index (χ4n) is 3.12. The Balaban J connectivity index is 0.000000333. The minimum atomic E-state index is -5.08. The van der Waals surface area contributed by atoms with Gasteiger partial charge in [0.05, 0.1) is 24.9 Å². The molecule has 0 fully saturated rings. The number of hydrogen-bond donors (Lipinski definition) is 2. The number of carboxylic acid groups (broad SMARTS) is 2. The third-order valence-corrected chi connectivity index (χ3v) is 4.87. The van der Waals surface area contributed by atoms with Crippen LogP contribution in [0, 0.1) is 5.92 Å². The van der Waals surface area contributed by atoms with Gasteiger partial charge in [-0.1, -0.05) is 0 Å². The third kappa shape index (κ3) is 10.2. The molecule has 1 aliphatic heterocycles. The van der Waals surface area contributed by atoms with Crippen molar-refractivity contribution in [2.45, 2.75) is 25.4 Å². The highest BCUT2D eigenvalue weighted by molar-refractivity contribution is 5.93. The van der Waals surface area contributed by atoms with Crippen LogP contribution in [-0.2, 0) is 22.7 Å². The number of halogens is 6.